The zero-order valence-corrected chi connectivity index (χ0v) is 20.3. The maximum absolute atomic E-state index is 13.3. The summed E-state index contributed by atoms with van der Waals surface area (Å²) in [6.45, 7) is 7.32. The number of esters is 1. The maximum Gasteiger partial charge on any atom is 0.348 e. The Morgan fingerprint density at radius 3 is 2.61 bits per heavy atom. The molecule has 1 N–H and O–H groups in total. The van der Waals surface area contributed by atoms with Crippen LogP contribution in [0.3, 0.4) is 0 Å². The number of amides is 1. The summed E-state index contributed by atoms with van der Waals surface area (Å²) < 4.78 is 7.02. The number of aromatic nitrogens is 2. The van der Waals surface area contributed by atoms with Crippen molar-refractivity contribution in [2.45, 2.75) is 71.9 Å². The number of nitrogens with zero attached hydrogens (tertiary/aromatic N) is 2. The summed E-state index contributed by atoms with van der Waals surface area (Å²) in [5, 5.41) is 3.26. The number of anilines is 1. The Morgan fingerprint density at radius 1 is 1.18 bits per heavy atom. The van der Waals surface area contributed by atoms with Crippen molar-refractivity contribution in [1.82, 2.24) is 9.55 Å². The molecule has 0 bridgehead atoms. The van der Waals surface area contributed by atoms with Crippen molar-refractivity contribution >= 4 is 39.1 Å². The smallest absolute Gasteiger partial charge is 0.348 e. The van der Waals surface area contributed by atoms with Gasteiger partial charge in [-0.2, -0.15) is 0 Å². The molecule has 1 fully saturated rings. The van der Waals surface area contributed by atoms with Crippen molar-refractivity contribution < 1.29 is 14.3 Å². The van der Waals surface area contributed by atoms with E-state index in [0.717, 1.165) is 36.8 Å². The zero-order valence-electron chi connectivity index (χ0n) is 19.4. The van der Waals surface area contributed by atoms with E-state index in [1.165, 1.54) is 28.7 Å². The summed E-state index contributed by atoms with van der Waals surface area (Å²) in [7, 11) is 0. The second kappa shape index (κ2) is 9.47. The highest BCUT2D eigenvalue weighted by Gasteiger charge is 2.26. The van der Waals surface area contributed by atoms with Crippen LogP contribution in [0.1, 0.15) is 71.4 Å². The normalized spacial score (nSPS) is 15.4. The van der Waals surface area contributed by atoms with Gasteiger partial charge < -0.3 is 10.1 Å². The minimum absolute atomic E-state index is 0.0607. The van der Waals surface area contributed by atoms with E-state index in [1.54, 1.807) is 13.8 Å². The van der Waals surface area contributed by atoms with Crippen LogP contribution in [0.4, 0.5) is 5.69 Å². The summed E-state index contributed by atoms with van der Waals surface area (Å²) in [5.74, 6) is -0.705. The fraction of sp³-hybridized carbons (Fsp3) is 0.440. The Hall–Kier alpha value is -3.00. The molecule has 0 saturated heterocycles. The number of hydrogen-bond acceptors (Lipinski definition) is 6. The number of aryl methyl sites for hydroxylation is 3. The molecule has 8 heteroatoms. The van der Waals surface area contributed by atoms with E-state index in [0.29, 0.717) is 26.3 Å². The number of carbonyl (C=O) groups is 2. The van der Waals surface area contributed by atoms with Gasteiger partial charge in [-0.25, -0.2) is 9.78 Å². The molecule has 0 spiro atoms. The van der Waals surface area contributed by atoms with Crippen molar-refractivity contribution in [2.24, 2.45) is 0 Å². The zero-order chi connectivity index (χ0) is 23.7. The topological polar surface area (TPSA) is 90.3 Å². The highest BCUT2D eigenvalue weighted by Crippen LogP contribution is 2.30. The van der Waals surface area contributed by atoms with Crippen LogP contribution in [0.2, 0.25) is 0 Å². The Labute approximate surface area is 196 Å². The highest BCUT2D eigenvalue weighted by molar-refractivity contribution is 7.20. The Morgan fingerprint density at radius 2 is 1.91 bits per heavy atom. The quantitative estimate of drug-likeness (QED) is 0.529. The Balaban J connectivity index is 1.59. The number of thiophene rings is 1. The lowest BCUT2D eigenvalue weighted by molar-refractivity contribution is -0.118. The number of nitrogens with one attached hydrogen (secondary N) is 1. The lowest BCUT2D eigenvalue weighted by Crippen LogP contribution is -2.32. The van der Waals surface area contributed by atoms with E-state index in [2.05, 4.69) is 10.3 Å². The number of fused-ring (bicyclic) bond motifs is 1. The standard InChI is InChI=1S/C25H29N3O4S/c1-14-10-11-19(15(2)12-14)27-22(29)17(4)28-13-26-23-20(24(28)30)16(3)21(33-23)25(31)32-18-8-6-5-7-9-18/h10-13,17-18H,5-9H2,1-4H3,(H,27,29). The Kier molecular flexibility index (Phi) is 6.65. The van der Waals surface area contributed by atoms with Crippen LogP contribution in [0.25, 0.3) is 10.2 Å². The molecule has 0 radical (unpaired) electrons. The SMILES string of the molecule is Cc1ccc(NC(=O)C(C)n2cnc3sc(C(=O)OC4CCCCC4)c(C)c3c2=O)c(C)c1. The summed E-state index contributed by atoms with van der Waals surface area (Å²) in [6, 6.07) is 5.00. The van der Waals surface area contributed by atoms with E-state index >= 15 is 0 Å². The van der Waals surface area contributed by atoms with E-state index in [4.69, 9.17) is 4.74 Å². The fourth-order valence-corrected chi connectivity index (χ4v) is 5.34. The lowest BCUT2D eigenvalue weighted by atomic mass is 9.98. The largest absolute Gasteiger partial charge is 0.458 e. The summed E-state index contributed by atoms with van der Waals surface area (Å²) in [6.07, 6.45) is 6.39. The average molecular weight is 468 g/mol. The van der Waals surface area contributed by atoms with Gasteiger partial charge in [0.05, 0.1) is 11.7 Å². The average Bonchev–Trinajstić information content (AvgIpc) is 3.13. The van der Waals surface area contributed by atoms with Crippen LogP contribution in [0, 0.1) is 20.8 Å². The molecule has 3 aromatic rings. The third-order valence-electron chi connectivity index (χ3n) is 6.32. The lowest BCUT2D eigenvalue weighted by Gasteiger charge is -2.21. The summed E-state index contributed by atoms with van der Waals surface area (Å²) >= 11 is 1.17. The summed E-state index contributed by atoms with van der Waals surface area (Å²) in [5.41, 5.74) is 2.99. The molecule has 1 atom stereocenters. The van der Waals surface area contributed by atoms with Gasteiger partial charge in [0.2, 0.25) is 5.91 Å². The molecule has 0 aliphatic heterocycles. The molecule has 4 rings (SSSR count). The van der Waals surface area contributed by atoms with Gasteiger partial charge in [0, 0.05) is 5.69 Å². The van der Waals surface area contributed by atoms with E-state index < -0.39 is 12.0 Å². The maximum atomic E-state index is 13.3. The first-order valence-corrected chi connectivity index (χ1v) is 12.2. The molecule has 174 valence electrons. The van der Waals surface area contributed by atoms with Crippen LogP contribution >= 0.6 is 11.3 Å². The predicted octanol–water partition coefficient (Wildman–Crippen LogP) is 5.07. The number of rotatable bonds is 5. The molecule has 1 saturated carbocycles. The molecule has 33 heavy (non-hydrogen) atoms. The monoisotopic (exact) mass is 467 g/mol. The number of carbonyl (C=O) groups excluding carboxylic acids is 2. The minimum atomic E-state index is -0.771. The molecule has 1 aliphatic rings. The van der Waals surface area contributed by atoms with Crippen molar-refractivity contribution in [3.63, 3.8) is 0 Å². The van der Waals surface area contributed by atoms with E-state index in [1.807, 2.05) is 32.0 Å². The van der Waals surface area contributed by atoms with Crippen LogP contribution in [-0.2, 0) is 9.53 Å². The van der Waals surface area contributed by atoms with Gasteiger partial charge >= 0.3 is 5.97 Å². The van der Waals surface area contributed by atoms with Gasteiger partial charge in [-0.15, -0.1) is 11.3 Å². The second-order valence-corrected chi connectivity index (χ2v) is 9.84. The van der Waals surface area contributed by atoms with Crippen molar-refractivity contribution in [3.8, 4) is 0 Å². The van der Waals surface area contributed by atoms with Crippen LogP contribution < -0.4 is 10.9 Å². The third-order valence-corrected chi connectivity index (χ3v) is 7.50. The second-order valence-electron chi connectivity index (χ2n) is 8.84. The first-order valence-electron chi connectivity index (χ1n) is 11.4. The molecular weight excluding hydrogens is 438 g/mol. The van der Waals surface area contributed by atoms with E-state index in [9.17, 15) is 14.4 Å². The molecule has 1 unspecified atom stereocenters. The van der Waals surface area contributed by atoms with Crippen LogP contribution in [0.5, 0.6) is 0 Å². The predicted molar refractivity (Wildman–Crippen MR) is 130 cm³/mol. The molecular formula is C25H29N3O4S. The summed E-state index contributed by atoms with van der Waals surface area (Å²) in [4.78, 5) is 44.2. The third kappa shape index (κ3) is 4.71. The fourth-order valence-electron chi connectivity index (χ4n) is 4.31. The van der Waals surface area contributed by atoms with Gasteiger partial charge in [-0.1, -0.05) is 24.1 Å². The molecule has 1 aliphatic carbocycles. The van der Waals surface area contributed by atoms with E-state index in [-0.39, 0.29) is 17.6 Å². The van der Waals surface area contributed by atoms with Gasteiger partial charge in [0.25, 0.3) is 5.56 Å². The number of benzene rings is 1. The molecule has 7 nitrogen and oxygen atoms in total. The molecule has 1 aromatic carbocycles. The van der Waals surface area contributed by atoms with Gasteiger partial charge in [0.15, 0.2) is 0 Å². The molecule has 1 amide bonds. The van der Waals surface area contributed by atoms with Gasteiger partial charge in [0.1, 0.15) is 21.9 Å². The first kappa shape index (κ1) is 23.2. The first-order chi connectivity index (χ1) is 15.8. The van der Waals surface area contributed by atoms with Crippen molar-refractivity contribution in [3.05, 3.63) is 56.4 Å². The number of ether oxygens (including phenoxy) is 1. The minimum Gasteiger partial charge on any atom is -0.458 e. The molecule has 2 heterocycles. The van der Waals surface area contributed by atoms with Crippen LogP contribution in [-0.4, -0.2) is 27.5 Å². The van der Waals surface area contributed by atoms with Gasteiger partial charge in [-0.05, 0) is 70.6 Å². The van der Waals surface area contributed by atoms with Crippen LogP contribution in [0.15, 0.2) is 29.3 Å². The highest BCUT2D eigenvalue weighted by atomic mass is 32.1. The molecule has 2 aromatic heterocycles. The van der Waals surface area contributed by atoms with Gasteiger partial charge in [-0.3, -0.25) is 14.2 Å². The Bertz CT molecular complexity index is 1270. The number of hydrogen-bond donors (Lipinski definition) is 1. The van der Waals surface area contributed by atoms with Crippen molar-refractivity contribution in [2.75, 3.05) is 5.32 Å². The van der Waals surface area contributed by atoms with Crippen molar-refractivity contribution in [1.29, 1.82) is 0 Å².